The van der Waals surface area contributed by atoms with Gasteiger partial charge in [-0.05, 0) is 48.9 Å². The van der Waals surface area contributed by atoms with E-state index in [1.54, 1.807) is 48.5 Å². The predicted molar refractivity (Wildman–Crippen MR) is 119 cm³/mol. The average molecular weight is 423 g/mol. The van der Waals surface area contributed by atoms with Crippen molar-refractivity contribution >= 4 is 27.3 Å². The summed E-state index contributed by atoms with van der Waals surface area (Å²) >= 11 is 0. The summed E-state index contributed by atoms with van der Waals surface area (Å²) in [6, 6.07) is 19.9. The first-order chi connectivity index (χ1) is 14.4. The van der Waals surface area contributed by atoms with Crippen LogP contribution in [0.4, 0.5) is 11.4 Å². The summed E-state index contributed by atoms with van der Waals surface area (Å²) in [7, 11) is -3.84. The van der Waals surface area contributed by atoms with Crippen molar-refractivity contribution in [3.8, 4) is 5.75 Å². The van der Waals surface area contributed by atoms with E-state index in [0.29, 0.717) is 23.7 Å². The van der Waals surface area contributed by atoms with Gasteiger partial charge in [-0.2, -0.15) is 0 Å². The maximum atomic E-state index is 12.8. The van der Waals surface area contributed by atoms with Gasteiger partial charge in [-0.15, -0.1) is 0 Å². The Morgan fingerprint density at radius 1 is 1.03 bits per heavy atom. The second kappa shape index (κ2) is 9.28. The molecule has 3 aromatic rings. The topological polar surface area (TPSA) is 84.5 Å². The lowest BCUT2D eigenvalue weighted by molar-refractivity contribution is 0.102. The van der Waals surface area contributed by atoms with E-state index >= 15 is 0 Å². The van der Waals surface area contributed by atoms with Gasteiger partial charge >= 0.3 is 0 Å². The molecule has 0 spiro atoms. The molecule has 1 amide bonds. The molecular weight excluding hydrogens is 400 g/mol. The SMILES string of the molecule is C=CCOc1cccc(NC(=O)c2cccc(S(=O)(=O)Nc3ccccc3C)c2)c1. The number of para-hydroxylation sites is 1. The van der Waals surface area contributed by atoms with E-state index in [1.165, 1.54) is 18.2 Å². The summed E-state index contributed by atoms with van der Waals surface area (Å²) < 4.78 is 33.5. The normalized spacial score (nSPS) is 10.8. The third-order valence-electron chi connectivity index (χ3n) is 4.26. The first kappa shape index (κ1) is 21.1. The van der Waals surface area contributed by atoms with E-state index in [2.05, 4.69) is 16.6 Å². The van der Waals surface area contributed by atoms with E-state index in [-0.39, 0.29) is 10.5 Å². The summed E-state index contributed by atoms with van der Waals surface area (Å²) in [6.07, 6.45) is 1.63. The molecule has 0 radical (unpaired) electrons. The molecule has 0 saturated heterocycles. The highest BCUT2D eigenvalue weighted by Crippen LogP contribution is 2.21. The maximum absolute atomic E-state index is 12.8. The Morgan fingerprint density at radius 3 is 2.57 bits per heavy atom. The van der Waals surface area contributed by atoms with Crippen molar-refractivity contribution in [1.82, 2.24) is 0 Å². The smallest absolute Gasteiger partial charge is 0.261 e. The van der Waals surface area contributed by atoms with Crippen LogP contribution in [0.2, 0.25) is 0 Å². The molecule has 7 heteroatoms. The van der Waals surface area contributed by atoms with Gasteiger partial charge in [0.2, 0.25) is 0 Å². The standard InChI is InChI=1S/C23H22N2O4S/c1-3-14-29-20-11-7-10-19(16-20)24-23(26)18-9-6-12-21(15-18)30(27,28)25-22-13-5-4-8-17(22)2/h3-13,15-16,25H,1,14H2,2H3,(H,24,26). The molecule has 0 saturated carbocycles. The lowest BCUT2D eigenvalue weighted by Crippen LogP contribution is -2.16. The van der Waals surface area contributed by atoms with Crippen LogP contribution in [0.1, 0.15) is 15.9 Å². The Hall–Kier alpha value is -3.58. The molecule has 154 valence electrons. The molecule has 0 aliphatic carbocycles. The highest BCUT2D eigenvalue weighted by atomic mass is 32.2. The predicted octanol–water partition coefficient (Wildman–Crippen LogP) is 4.61. The van der Waals surface area contributed by atoms with Crippen LogP contribution in [0.15, 0.2) is 90.3 Å². The molecule has 0 atom stereocenters. The summed E-state index contributed by atoms with van der Waals surface area (Å²) in [4.78, 5) is 12.6. The van der Waals surface area contributed by atoms with Gasteiger partial charge < -0.3 is 10.1 Å². The lowest BCUT2D eigenvalue weighted by atomic mass is 10.2. The second-order valence-corrected chi connectivity index (χ2v) is 8.21. The maximum Gasteiger partial charge on any atom is 0.261 e. The van der Waals surface area contributed by atoms with Gasteiger partial charge in [0.1, 0.15) is 12.4 Å². The van der Waals surface area contributed by atoms with Crippen LogP contribution in [-0.2, 0) is 10.0 Å². The van der Waals surface area contributed by atoms with Crippen LogP contribution in [0.25, 0.3) is 0 Å². The fraction of sp³-hybridized carbons (Fsp3) is 0.0870. The number of amides is 1. The molecule has 6 nitrogen and oxygen atoms in total. The number of sulfonamides is 1. The van der Waals surface area contributed by atoms with Gasteiger partial charge in [0.25, 0.3) is 15.9 Å². The fourth-order valence-electron chi connectivity index (χ4n) is 2.72. The number of benzene rings is 3. The van der Waals surface area contributed by atoms with Gasteiger partial charge in [-0.25, -0.2) is 8.42 Å². The molecule has 0 bridgehead atoms. The lowest BCUT2D eigenvalue weighted by Gasteiger charge is -2.12. The number of aryl methyl sites for hydroxylation is 1. The number of carbonyl (C=O) groups is 1. The average Bonchev–Trinajstić information content (AvgIpc) is 2.74. The first-order valence-corrected chi connectivity index (χ1v) is 10.7. The van der Waals surface area contributed by atoms with Gasteiger partial charge in [0.05, 0.1) is 10.6 Å². The molecule has 0 aliphatic heterocycles. The fourth-order valence-corrected chi connectivity index (χ4v) is 3.89. The third kappa shape index (κ3) is 5.27. The Balaban J connectivity index is 1.78. The number of anilines is 2. The van der Waals surface area contributed by atoms with Gasteiger partial charge in [-0.1, -0.05) is 43.0 Å². The second-order valence-electron chi connectivity index (χ2n) is 6.53. The van der Waals surface area contributed by atoms with Crippen LogP contribution in [0.3, 0.4) is 0 Å². The van der Waals surface area contributed by atoms with Gasteiger partial charge in [0.15, 0.2) is 0 Å². The summed E-state index contributed by atoms with van der Waals surface area (Å²) in [5.74, 6) is 0.162. The Morgan fingerprint density at radius 2 is 1.80 bits per heavy atom. The number of nitrogens with one attached hydrogen (secondary N) is 2. The summed E-state index contributed by atoms with van der Waals surface area (Å²) in [5.41, 5.74) is 2.05. The van der Waals surface area contributed by atoms with E-state index in [0.717, 1.165) is 5.56 Å². The third-order valence-corrected chi connectivity index (χ3v) is 5.62. The van der Waals surface area contributed by atoms with Crippen molar-refractivity contribution in [2.45, 2.75) is 11.8 Å². The molecule has 30 heavy (non-hydrogen) atoms. The van der Waals surface area contributed by atoms with Crippen molar-refractivity contribution in [3.05, 3.63) is 96.6 Å². The first-order valence-electron chi connectivity index (χ1n) is 9.23. The van der Waals surface area contributed by atoms with Crippen molar-refractivity contribution in [3.63, 3.8) is 0 Å². The number of hydrogen-bond acceptors (Lipinski definition) is 4. The van der Waals surface area contributed by atoms with E-state index in [9.17, 15) is 13.2 Å². The zero-order valence-electron chi connectivity index (χ0n) is 16.5. The molecule has 3 aromatic carbocycles. The molecule has 3 rings (SSSR count). The Labute approximate surface area is 176 Å². The van der Waals surface area contributed by atoms with E-state index < -0.39 is 15.9 Å². The van der Waals surface area contributed by atoms with Crippen LogP contribution in [-0.4, -0.2) is 20.9 Å². The van der Waals surface area contributed by atoms with Crippen molar-refractivity contribution in [2.75, 3.05) is 16.6 Å². The zero-order valence-corrected chi connectivity index (χ0v) is 17.3. The summed E-state index contributed by atoms with van der Waals surface area (Å²) in [5, 5.41) is 2.75. The minimum atomic E-state index is -3.84. The van der Waals surface area contributed by atoms with Gasteiger partial charge in [-0.3, -0.25) is 9.52 Å². The van der Waals surface area contributed by atoms with E-state index in [1.807, 2.05) is 19.1 Å². The molecule has 0 unspecified atom stereocenters. The van der Waals surface area contributed by atoms with Crippen LogP contribution < -0.4 is 14.8 Å². The van der Waals surface area contributed by atoms with Crippen molar-refractivity contribution in [1.29, 1.82) is 0 Å². The molecule has 2 N–H and O–H groups in total. The number of ether oxygens (including phenoxy) is 1. The van der Waals surface area contributed by atoms with Crippen LogP contribution >= 0.6 is 0 Å². The molecular formula is C23H22N2O4S. The number of carbonyl (C=O) groups excluding carboxylic acids is 1. The van der Waals surface area contributed by atoms with Crippen LogP contribution in [0, 0.1) is 6.92 Å². The molecule has 0 aromatic heterocycles. The molecule has 0 heterocycles. The van der Waals surface area contributed by atoms with Crippen molar-refractivity contribution in [2.24, 2.45) is 0 Å². The number of rotatable bonds is 8. The largest absolute Gasteiger partial charge is 0.489 e. The van der Waals surface area contributed by atoms with Gasteiger partial charge in [0, 0.05) is 17.3 Å². The Kier molecular flexibility index (Phi) is 6.54. The highest BCUT2D eigenvalue weighted by Gasteiger charge is 2.17. The Bertz CT molecular complexity index is 1170. The van der Waals surface area contributed by atoms with Crippen molar-refractivity contribution < 1.29 is 17.9 Å². The molecule has 0 aliphatic rings. The minimum absolute atomic E-state index is 0.00136. The zero-order chi connectivity index (χ0) is 21.6. The van der Waals surface area contributed by atoms with E-state index in [4.69, 9.17) is 4.74 Å². The minimum Gasteiger partial charge on any atom is -0.489 e. The molecule has 0 fully saturated rings. The summed E-state index contributed by atoms with van der Waals surface area (Å²) in [6.45, 7) is 5.76. The monoisotopic (exact) mass is 422 g/mol. The quantitative estimate of drug-likeness (QED) is 0.519. The highest BCUT2D eigenvalue weighted by molar-refractivity contribution is 7.92. The number of hydrogen-bond donors (Lipinski definition) is 2. The van der Waals surface area contributed by atoms with Crippen LogP contribution in [0.5, 0.6) is 5.75 Å².